The lowest BCUT2D eigenvalue weighted by Crippen LogP contribution is -2.00. The van der Waals surface area contributed by atoms with E-state index in [1.54, 1.807) is 11.3 Å². The van der Waals surface area contributed by atoms with E-state index in [4.69, 9.17) is 19.9 Å². The zero-order valence-electron chi connectivity index (χ0n) is 26.4. The van der Waals surface area contributed by atoms with Crippen molar-refractivity contribution in [3.05, 3.63) is 170 Å². The maximum absolute atomic E-state index is 4.89. The van der Waals surface area contributed by atoms with Crippen LogP contribution in [0.1, 0.15) is 0 Å². The lowest BCUT2D eigenvalue weighted by Gasteiger charge is -2.10. The highest BCUT2D eigenvalue weighted by Gasteiger charge is 2.13. The van der Waals surface area contributed by atoms with Crippen LogP contribution in [0.5, 0.6) is 0 Å². The van der Waals surface area contributed by atoms with Gasteiger partial charge in [0.2, 0.25) is 0 Å². The second-order valence-electron chi connectivity index (χ2n) is 12.0. The molecule has 9 rings (SSSR count). The van der Waals surface area contributed by atoms with Gasteiger partial charge >= 0.3 is 0 Å². The van der Waals surface area contributed by atoms with Gasteiger partial charge in [-0.25, -0.2) is 19.9 Å². The van der Waals surface area contributed by atoms with Gasteiger partial charge in [-0.3, -0.25) is 0 Å². The van der Waals surface area contributed by atoms with Gasteiger partial charge in [-0.1, -0.05) is 146 Å². The Morgan fingerprint density at radius 2 is 0.735 bits per heavy atom. The predicted molar refractivity (Wildman–Crippen MR) is 203 cm³/mol. The molecular weight excluding hydrogens is 617 g/mol. The fourth-order valence-corrected chi connectivity index (χ4v) is 7.17. The van der Waals surface area contributed by atoms with Crippen LogP contribution in [0.4, 0.5) is 0 Å². The first kappa shape index (κ1) is 28.9. The molecule has 0 aliphatic carbocycles. The first-order chi connectivity index (χ1) is 24.2. The van der Waals surface area contributed by atoms with E-state index in [-0.39, 0.29) is 0 Å². The Hall–Kier alpha value is -6.30. The van der Waals surface area contributed by atoms with Gasteiger partial charge in [-0.15, -0.1) is 11.3 Å². The maximum Gasteiger partial charge on any atom is 0.164 e. The molecule has 0 bridgehead atoms. The van der Waals surface area contributed by atoms with Crippen molar-refractivity contribution in [2.75, 3.05) is 0 Å². The molecule has 0 atom stereocenters. The molecule has 5 heteroatoms. The topological polar surface area (TPSA) is 51.6 Å². The van der Waals surface area contributed by atoms with Gasteiger partial charge in [0.15, 0.2) is 17.5 Å². The van der Waals surface area contributed by atoms with E-state index in [9.17, 15) is 0 Å². The van der Waals surface area contributed by atoms with Crippen molar-refractivity contribution < 1.29 is 0 Å². The van der Waals surface area contributed by atoms with Crippen LogP contribution in [0, 0.1) is 0 Å². The molecule has 0 saturated carbocycles. The van der Waals surface area contributed by atoms with Crippen LogP contribution in [0.2, 0.25) is 0 Å². The molecule has 0 spiro atoms. The normalized spacial score (nSPS) is 11.3. The fourth-order valence-electron chi connectivity index (χ4n) is 6.16. The van der Waals surface area contributed by atoms with Crippen LogP contribution < -0.4 is 0 Å². The third-order valence-electron chi connectivity index (χ3n) is 8.76. The van der Waals surface area contributed by atoms with Gasteiger partial charge in [-0.05, 0) is 57.3 Å². The first-order valence-corrected chi connectivity index (χ1v) is 17.0. The highest BCUT2D eigenvalue weighted by atomic mass is 32.1. The zero-order chi connectivity index (χ0) is 32.6. The minimum absolute atomic E-state index is 0.649. The highest BCUT2D eigenvalue weighted by Crippen LogP contribution is 2.35. The van der Waals surface area contributed by atoms with E-state index in [1.807, 2.05) is 66.7 Å². The summed E-state index contributed by atoms with van der Waals surface area (Å²) in [5.74, 6) is 1.96. The minimum Gasteiger partial charge on any atom is -0.236 e. The Kier molecular flexibility index (Phi) is 7.30. The molecule has 0 radical (unpaired) electrons. The Labute approximate surface area is 288 Å². The van der Waals surface area contributed by atoms with Crippen LogP contribution in [-0.4, -0.2) is 19.9 Å². The van der Waals surface area contributed by atoms with Gasteiger partial charge in [0, 0.05) is 22.3 Å². The van der Waals surface area contributed by atoms with E-state index in [1.165, 1.54) is 26.6 Å². The third-order valence-corrected chi connectivity index (χ3v) is 9.83. The number of fused-ring (bicyclic) bond motifs is 2. The summed E-state index contributed by atoms with van der Waals surface area (Å²) in [4.78, 5) is 19.5. The average Bonchev–Trinajstić information content (AvgIpc) is 3.62. The van der Waals surface area contributed by atoms with Crippen LogP contribution in [0.15, 0.2) is 170 Å². The molecule has 0 aliphatic rings. The van der Waals surface area contributed by atoms with E-state index < -0.39 is 0 Å². The highest BCUT2D eigenvalue weighted by molar-refractivity contribution is 7.21. The zero-order valence-corrected chi connectivity index (χ0v) is 27.2. The summed E-state index contributed by atoms with van der Waals surface area (Å²) in [7, 11) is 0. The molecular formula is C44H28N4S. The van der Waals surface area contributed by atoms with Crippen molar-refractivity contribution in [1.82, 2.24) is 19.9 Å². The van der Waals surface area contributed by atoms with Crippen LogP contribution in [0.3, 0.4) is 0 Å². The molecule has 2 aromatic heterocycles. The third kappa shape index (κ3) is 5.77. The lowest BCUT2D eigenvalue weighted by molar-refractivity contribution is 1.07. The van der Waals surface area contributed by atoms with E-state index >= 15 is 0 Å². The van der Waals surface area contributed by atoms with Crippen LogP contribution in [-0.2, 0) is 0 Å². The number of hydrogen-bond donors (Lipinski definition) is 0. The van der Waals surface area contributed by atoms with Gasteiger partial charge in [0.25, 0.3) is 0 Å². The molecule has 230 valence electrons. The molecule has 0 fully saturated rings. The van der Waals surface area contributed by atoms with E-state index in [0.717, 1.165) is 43.9 Å². The van der Waals surface area contributed by atoms with E-state index in [2.05, 4.69) is 103 Å². The Morgan fingerprint density at radius 1 is 0.306 bits per heavy atom. The van der Waals surface area contributed by atoms with Gasteiger partial charge in [-0.2, -0.15) is 0 Å². The van der Waals surface area contributed by atoms with Gasteiger partial charge < -0.3 is 0 Å². The monoisotopic (exact) mass is 644 g/mol. The fraction of sp³-hybridized carbons (Fsp3) is 0. The summed E-state index contributed by atoms with van der Waals surface area (Å²) in [5.41, 5.74) is 9.71. The molecule has 7 aromatic carbocycles. The average molecular weight is 645 g/mol. The minimum atomic E-state index is 0.649. The summed E-state index contributed by atoms with van der Waals surface area (Å²) in [6, 6.07) is 58.9. The summed E-state index contributed by atoms with van der Waals surface area (Å²) in [6.07, 6.45) is 0. The molecule has 0 amide bonds. The number of nitrogens with zero attached hydrogens (tertiary/aromatic N) is 4. The maximum atomic E-state index is 4.89. The number of benzene rings is 7. The predicted octanol–water partition coefficient (Wildman–Crippen LogP) is 11.6. The summed E-state index contributed by atoms with van der Waals surface area (Å²) in [6.45, 7) is 0. The summed E-state index contributed by atoms with van der Waals surface area (Å²) in [5, 5.41) is 3.46. The number of hydrogen-bond acceptors (Lipinski definition) is 5. The SMILES string of the molecule is c1ccc(-c2nc(-c3ccccc3)nc(-c3ccc(-c4ccc5ccc(-c6ccc7nc(-c8ccccc8)sc7c6)cc5c4)cc3)n2)cc1. The van der Waals surface area contributed by atoms with Crippen LogP contribution in [0.25, 0.3) is 88.0 Å². The number of aromatic nitrogens is 4. The Morgan fingerprint density at radius 3 is 1.31 bits per heavy atom. The molecule has 2 heterocycles. The van der Waals surface area contributed by atoms with E-state index in [0.29, 0.717) is 17.5 Å². The molecule has 0 unspecified atom stereocenters. The smallest absolute Gasteiger partial charge is 0.164 e. The Balaban J connectivity index is 1.04. The van der Waals surface area contributed by atoms with Crippen molar-refractivity contribution in [3.63, 3.8) is 0 Å². The molecule has 9 aromatic rings. The summed E-state index contributed by atoms with van der Waals surface area (Å²) >= 11 is 1.74. The van der Waals surface area contributed by atoms with Crippen molar-refractivity contribution in [1.29, 1.82) is 0 Å². The molecule has 49 heavy (non-hydrogen) atoms. The number of thiazole rings is 1. The number of rotatable bonds is 6. The molecule has 4 nitrogen and oxygen atoms in total. The second kappa shape index (κ2) is 12.4. The van der Waals surface area contributed by atoms with Crippen molar-refractivity contribution in [2.24, 2.45) is 0 Å². The molecule has 0 N–H and O–H groups in total. The van der Waals surface area contributed by atoms with Crippen molar-refractivity contribution in [2.45, 2.75) is 0 Å². The van der Waals surface area contributed by atoms with Gasteiger partial charge in [0.05, 0.1) is 10.2 Å². The van der Waals surface area contributed by atoms with Crippen molar-refractivity contribution >= 4 is 32.3 Å². The second-order valence-corrected chi connectivity index (χ2v) is 13.0. The standard InChI is InChI=1S/C44H28N4S/c1-4-10-31(11-5-1)41-46-42(32-12-6-2-7-13-32)48-43(47-41)33-20-16-29(17-21-33)35-22-18-30-19-23-36(27-38(30)26-35)37-24-25-39-40(28-37)49-44(45-39)34-14-8-3-9-15-34/h1-28H. The Bertz CT molecular complexity index is 2520. The molecule has 0 aliphatic heterocycles. The summed E-state index contributed by atoms with van der Waals surface area (Å²) < 4.78 is 1.19. The van der Waals surface area contributed by atoms with Gasteiger partial charge in [0.1, 0.15) is 5.01 Å². The quantitative estimate of drug-likeness (QED) is 0.181. The molecule has 0 saturated heterocycles. The first-order valence-electron chi connectivity index (χ1n) is 16.2. The van der Waals surface area contributed by atoms with Crippen LogP contribution >= 0.6 is 11.3 Å². The van der Waals surface area contributed by atoms with Crippen molar-refractivity contribution in [3.8, 4) is 67.0 Å². The largest absolute Gasteiger partial charge is 0.236 e. The lowest BCUT2D eigenvalue weighted by atomic mass is 9.97.